The monoisotopic (exact) mass is 785 g/mol. The molecule has 1 unspecified atom stereocenters. The Kier molecular flexibility index (Phi) is 13.6. The predicted octanol–water partition coefficient (Wildman–Crippen LogP) is 9.22. The van der Waals surface area contributed by atoms with Crippen molar-refractivity contribution in [1.82, 2.24) is 14.8 Å². The minimum atomic E-state index is -5.34. The molecule has 1 N–H and O–H groups in total. The van der Waals surface area contributed by atoms with E-state index in [0.29, 0.717) is 29.8 Å². The number of amides is 1. The number of aryl methyl sites for hydroxylation is 3. The predicted molar refractivity (Wildman–Crippen MR) is 191 cm³/mol. The number of halogens is 8. The maximum Gasteiger partial charge on any atom is 0.419 e. The zero-order valence-electron chi connectivity index (χ0n) is 31.9. The summed E-state index contributed by atoms with van der Waals surface area (Å²) in [6.07, 6.45) is -8.53. The van der Waals surface area contributed by atoms with Gasteiger partial charge in [-0.1, -0.05) is 26.0 Å². The van der Waals surface area contributed by atoms with Crippen LogP contribution in [-0.4, -0.2) is 48.6 Å². The summed E-state index contributed by atoms with van der Waals surface area (Å²) < 4.78 is 125. The summed E-state index contributed by atoms with van der Waals surface area (Å²) in [6, 6.07) is 0.520. The highest BCUT2D eigenvalue weighted by molar-refractivity contribution is 5.82. The smallest absolute Gasteiger partial charge is 0.419 e. The number of aromatic nitrogens is 1. The van der Waals surface area contributed by atoms with E-state index in [-0.39, 0.29) is 48.8 Å². The quantitative estimate of drug-likeness (QED) is 0.123. The fraction of sp³-hybridized carbons (Fsp3) is 0.525. The summed E-state index contributed by atoms with van der Waals surface area (Å²) in [6.45, 7) is 8.11. The number of hydrogen-bond donors (Lipinski definition) is 1. The molecule has 1 saturated carbocycles. The van der Waals surface area contributed by atoms with Crippen LogP contribution in [0.25, 0.3) is 11.1 Å². The molecule has 1 aromatic heterocycles. The van der Waals surface area contributed by atoms with Crippen LogP contribution in [0.3, 0.4) is 0 Å². The SMILES string of the molecule is CCOC(=O)C[C@H](NC(=O)C(CC(C)C)n1cc(CCCN(C)C)c(C(F)(F)F)cc1=O)c1c(F)c(-c2c(C)cc(C3CC3)cc2C)cc(C(F)(F)F)c1F. The molecule has 55 heavy (non-hydrogen) atoms. The van der Waals surface area contributed by atoms with Crippen LogP contribution in [0.5, 0.6) is 0 Å². The number of nitrogens with zero attached hydrogens (tertiary/aromatic N) is 2. The average molecular weight is 786 g/mol. The summed E-state index contributed by atoms with van der Waals surface area (Å²) in [5.41, 5.74) is -4.52. The van der Waals surface area contributed by atoms with E-state index >= 15 is 8.78 Å². The van der Waals surface area contributed by atoms with Crippen molar-refractivity contribution in [1.29, 1.82) is 0 Å². The van der Waals surface area contributed by atoms with Crippen LogP contribution < -0.4 is 10.9 Å². The van der Waals surface area contributed by atoms with Gasteiger partial charge < -0.3 is 19.5 Å². The van der Waals surface area contributed by atoms with Gasteiger partial charge in [0.1, 0.15) is 17.7 Å². The number of esters is 1. The van der Waals surface area contributed by atoms with E-state index in [2.05, 4.69) is 5.32 Å². The zero-order chi connectivity index (χ0) is 41.2. The van der Waals surface area contributed by atoms with Gasteiger partial charge in [-0.3, -0.25) is 14.4 Å². The summed E-state index contributed by atoms with van der Waals surface area (Å²) >= 11 is 0. The molecule has 0 aliphatic heterocycles. The summed E-state index contributed by atoms with van der Waals surface area (Å²) in [5, 5.41) is 2.30. The molecule has 0 saturated heterocycles. The molecular weight excluding hydrogens is 738 g/mol. The van der Waals surface area contributed by atoms with Crippen molar-refractivity contribution in [2.75, 3.05) is 27.2 Å². The van der Waals surface area contributed by atoms with Gasteiger partial charge in [-0.05, 0) is 119 Å². The van der Waals surface area contributed by atoms with E-state index in [9.17, 15) is 40.7 Å². The van der Waals surface area contributed by atoms with Crippen LogP contribution in [0.2, 0.25) is 0 Å². The lowest BCUT2D eigenvalue weighted by Gasteiger charge is -2.28. The summed E-state index contributed by atoms with van der Waals surface area (Å²) in [5.74, 6) is -5.92. The van der Waals surface area contributed by atoms with E-state index in [1.807, 2.05) is 0 Å². The number of alkyl halides is 6. The molecule has 0 bridgehead atoms. The van der Waals surface area contributed by atoms with Gasteiger partial charge in [-0.2, -0.15) is 26.3 Å². The second kappa shape index (κ2) is 17.3. The lowest BCUT2D eigenvalue weighted by molar-refractivity contribution is -0.144. The van der Waals surface area contributed by atoms with Crippen LogP contribution in [0.1, 0.15) is 110 Å². The molecule has 2 aromatic carbocycles. The number of pyridine rings is 1. The van der Waals surface area contributed by atoms with E-state index in [0.717, 1.165) is 29.2 Å². The lowest BCUT2D eigenvalue weighted by atomic mass is 9.87. The highest BCUT2D eigenvalue weighted by atomic mass is 19.4. The maximum absolute atomic E-state index is 16.9. The van der Waals surface area contributed by atoms with Crippen molar-refractivity contribution in [3.63, 3.8) is 0 Å². The molecule has 1 aliphatic carbocycles. The van der Waals surface area contributed by atoms with Gasteiger partial charge in [0.2, 0.25) is 5.91 Å². The number of rotatable bonds is 15. The standard InChI is InChI=1S/C40H47F8N3O4/c1-8-55-33(53)19-30(35-36(41)27(17-29(37(35)42)40(46,47)48)34-22(4)15-26(16-23(34)5)24-11-12-24)49-38(54)31(14-21(2)3)51-20-25(10-9-13-50(6)7)28(18-32(51)52)39(43,44)45/h15-18,20-21,24,30-31H,8-14,19H2,1-7H3,(H,49,54)/t30-,31?/m0/s1. The Hall–Kier alpha value is -4.27. The van der Waals surface area contributed by atoms with Crippen molar-refractivity contribution in [2.24, 2.45) is 5.92 Å². The molecule has 1 fully saturated rings. The second-order valence-corrected chi connectivity index (χ2v) is 14.9. The minimum absolute atomic E-state index is 0.0747. The molecule has 302 valence electrons. The molecule has 0 radical (unpaired) electrons. The average Bonchev–Trinajstić information content (AvgIpc) is 3.89. The third kappa shape index (κ3) is 10.5. The fourth-order valence-corrected chi connectivity index (χ4v) is 6.98. The Bertz CT molecular complexity index is 1930. The molecule has 15 heteroatoms. The maximum atomic E-state index is 16.9. The van der Waals surface area contributed by atoms with E-state index in [1.165, 1.54) is 6.92 Å². The van der Waals surface area contributed by atoms with Crippen LogP contribution in [0.15, 0.2) is 35.3 Å². The first-order chi connectivity index (χ1) is 25.5. The van der Waals surface area contributed by atoms with Gasteiger partial charge in [0, 0.05) is 23.4 Å². The molecule has 4 rings (SSSR count). The molecule has 1 heterocycles. The van der Waals surface area contributed by atoms with Crippen LogP contribution in [0, 0.1) is 31.4 Å². The number of carbonyl (C=O) groups excluding carboxylic acids is 2. The Labute approximate surface area is 315 Å². The molecule has 3 aromatic rings. The Morgan fingerprint density at radius 2 is 1.55 bits per heavy atom. The highest BCUT2D eigenvalue weighted by Crippen LogP contribution is 2.45. The fourth-order valence-electron chi connectivity index (χ4n) is 6.98. The van der Waals surface area contributed by atoms with Gasteiger partial charge in [0.25, 0.3) is 5.56 Å². The molecule has 0 spiro atoms. The van der Waals surface area contributed by atoms with E-state index in [4.69, 9.17) is 4.74 Å². The lowest BCUT2D eigenvalue weighted by Crippen LogP contribution is -2.41. The van der Waals surface area contributed by atoms with Crippen LogP contribution >= 0.6 is 0 Å². The molecule has 7 nitrogen and oxygen atoms in total. The Morgan fingerprint density at radius 1 is 0.945 bits per heavy atom. The topological polar surface area (TPSA) is 80.6 Å². The first-order valence-electron chi connectivity index (χ1n) is 18.2. The third-order valence-electron chi connectivity index (χ3n) is 9.61. The first-order valence-corrected chi connectivity index (χ1v) is 18.2. The van der Waals surface area contributed by atoms with Crippen LogP contribution in [0.4, 0.5) is 35.1 Å². The van der Waals surface area contributed by atoms with Crippen molar-refractivity contribution < 1.29 is 49.4 Å². The normalized spacial score (nSPS) is 14.7. The van der Waals surface area contributed by atoms with Gasteiger partial charge >= 0.3 is 18.3 Å². The number of hydrogen-bond acceptors (Lipinski definition) is 5. The van der Waals surface area contributed by atoms with Crippen molar-refractivity contribution in [3.8, 4) is 11.1 Å². The number of nitrogens with one attached hydrogen (secondary N) is 1. The number of benzene rings is 2. The molecule has 2 atom stereocenters. The van der Waals surface area contributed by atoms with Gasteiger partial charge in [0.05, 0.1) is 30.2 Å². The van der Waals surface area contributed by atoms with Crippen molar-refractivity contribution >= 4 is 11.9 Å². The largest absolute Gasteiger partial charge is 0.466 e. The molecule has 1 amide bonds. The van der Waals surface area contributed by atoms with Gasteiger partial charge in [-0.15, -0.1) is 0 Å². The third-order valence-corrected chi connectivity index (χ3v) is 9.61. The zero-order valence-corrected chi connectivity index (χ0v) is 31.9. The van der Waals surface area contributed by atoms with Crippen LogP contribution in [-0.2, 0) is 33.1 Å². The number of ether oxygens (including phenoxy) is 1. The second-order valence-electron chi connectivity index (χ2n) is 14.9. The number of carbonyl (C=O) groups is 2. The van der Waals surface area contributed by atoms with Crippen molar-refractivity contribution in [3.05, 3.63) is 91.4 Å². The minimum Gasteiger partial charge on any atom is -0.466 e. The highest BCUT2D eigenvalue weighted by Gasteiger charge is 2.41. The summed E-state index contributed by atoms with van der Waals surface area (Å²) in [7, 11) is 3.46. The Morgan fingerprint density at radius 3 is 2.05 bits per heavy atom. The van der Waals surface area contributed by atoms with E-state index < -0.39 is 82.2 Å². The molecular formula is C40H47F8N3O4. The van der Waals surface area contributed by atoms with Gasteiger partial charge in [0.15, 0.2) is 0 Å². The van der Waals surface area contributed by atoms with Gasteiger partial charge in [-0.25, -0.2) is 8.78 Å². The summed E-state index contributed by atoms with van der Waals surface area (Å²) in [4.78, 5) is 42.2. The van der Waals surface area contributed by atoms with E-state index in [1.54, 1.807) is 58.8 Å². The molecule has 1 aliphatic rings. The Balaban J connectivity index is 1.91. The van der Waals surface area contributed by atoms with Crippen molar-refractivity contribution in [2.45, 2.75) is 103 Å². The first kappa shape index (κ1) is 43.5.